The maximum atomic E-state index is 12.6. The van der Waals surface area contributed by atoms with Crippen LogP contribution < -0.4 is 10.1 Å². The molecule has 0 heterocycles. The van der Waals surface area contributed by atoms with Crippen molar-refractivity contribution in [3.8, 4) is 5.75 Å². The zero-order valence-electron chi connectivity index (χ0n) is 14.8. The molecule has 8 heteroatoms. The normalized spacial score (nSPS) is 11.0. The van der Waals surface area contributed by atoms with Crippen molar-refractivity contribution < 1.29 is 27.5 Å². The van der Waals surface area contributed by atoms with E-state index in [1.807, 2.05) is 0 Å². The van der Waals surface area contributed by atoms with E-state index < -0.39 is 23.6 Å². The molecule has 2 aromatic rings. The third kappa shape index (κ3) is 5.47. The summed E-state index contributed by atoms with van der Waals surface area (Å²) in [4.78, 5) is 25.9. The molecule has 0 saturated heterocycles. The molecule has 0 atom stereocenters. The minimum absolute atomic E-state index is 0.0853. The Morgan fingerprint density at radius 1 is 1.04 bits per heavy atom. The molecule has 0 bridgehead atoms. The van der Waals surface area contributed by atoms with E-state index in [0.29, 0.717) is 11.4 Å². The standard InChI is InChI=1S/C19H19F3N2O3/c1-3-24(12-17(25)23-15-8-10-16(27-2)11-9-15)18(26)13-4-6-14(7-5-13)19(20,21)22/h4-11H,3,12H2,1-2H3,(H,23,25). The van der Waals surface area contributed by atoms with Crippen LogP contribution in [-0.4, -0.2) is 36.9 Å². The minimum atomic E-state index is -4.47. The number of anilines is 1. The van der Waals surface area contributed by atoms with Gasteiger partial charge in [0.1, 0.15) is 12.3 Å². The molecule has 2 amide bonds. The number of ether oxygens (including phenoxy) is 1. The summed E-state index contributed by atoms with van der Waals surface area (Å²) in [6.45, 7) is 1.70. The number of nitrogens with one attached hydrogen (secondary N) is 1. The summed E-state index contributed by atoms with van der Waals surface area (Å²) in [6.07, 6.45) is -4.47. The number of methoxy groups -OCH3 is 1. The summed E-state index contributed by atoms with van der Waals surface area (Å²) in [5.74, 6) is -0.293. The number of likely N-dealkylation sites (N-methyl/N-ethyl adjacent to an activating group) is 1. The zero-order chi connectivity index (χ0) is 20.0. The highest BCUT2D eigenvalue weighted by Crippen LogP contribution is 2.29. The van der Waals surface area contributed by atoms with Gasteiger partial charge in [-0.3, -0.25) is 9.59 Å². The molecular formula is C19H19F3N2O3. The number of carbonyl (C=O) groups is 2. The van der Waals surface area contributed by atoms with Crippen molar-refractivity contribution in [3.63, 3.8) is 0 Å². The van der Waals surface area contributed by atoms with Crippen molar-refractivity contribution >= 4 is 17.5 Å². The maximum Gasteiger partial charge on any atom is 0.416 e. The van der Waals surface area contributed by atoms with E-state index in [1.165, 1.54) is 12.0 Å². The van der Waals surface area contributed by atoms with Gasteiger partial charge in [-0.15, -0.1) is 0 Å². The van der Waals surface area contributed by atoms with E-state index in [9.17, 15) is 22.8 Å². The fourth-order valence-corrected chi connectivity index (χ4v) is 2.36. The first-order valence-electron chi connectivity index (χ1n) is 8.15. The molecule has 0 fully saturated rings. The molecule has 5 nitrogen and oxygen atoms in total. The fourth-order valence-electron chi connectivity index (χ4n) is 2.36. The van der Waals surface area contributed by atoms with Crippen LogP contribution in [0.15, 0.2) is 48.5 Å². The number of halogens is 3. The molecule has 144 valence electrons. The van der Waals surface area contributed by atoms with Crippen LogP contribution in [0.1, 0.15) is 22.8 Å². The average Bonchev–Trinajstić information content (AvgIpc) is 2.65. The molecule has 1 N–H and O–H groups in total. The SMILES string of the molecule is CCN(CC(=O)Nc1ccc(OC)cc1)C(=O)c1ccc(C(F)(F)F)cc1. The van der Waals surface area contributed by atoms with Crippen LogP contribution >= 0.6 is 0 Å². The van der Waals surface area contributed by atoms with Crippen molar-refractivity contribution in [2.75, 3.05) is 25.5 Å². The summed E-state index contributed by atoms with van der Waals surface area (Å²) in [6, 6.07) is 10.6. The van der Waals surface area contributed by atoms with Crippen LogP contribution in [0.2, 0.25) is 0 Å². The summed E-state index contributed by atoms with van der Waals surface area (Å²) in [7, 11) is 1.53. The Balaban J connectivity index is 2.02. The Morgan fingerprint density at radius 2 is 1.63 bits per heavy atom. The molecule has 0 aliphatic carbocycles. The van der Waals surface area contributed by atoms with Crippen molar-refractivity contribution in [1.29, 1.82) is 0 Å². The first kappa shape index (κ1) is 20.3. The van der Waals surface area contributed by atoms with E-state index in [4.69, 9.17) is 4.74 Å². The van der Waals surface area contributed by atoms with Gasteiger partial charge in [-0.25, -0.2) is 0 Å². The van der Waals surface area contributed by atoms with Crippen LogP contribution in [0.4, 0.5) is 18.9 Å². The number of amides is 2. The predicted molar refractivity (Wildman–Crippen MR) is 94.6 cm³/mol. The molecule has 2 aromatic carbocycles. The minimum Gasteiger partial charge on any atom is -0.497 e. The van der Waals surface area contributed by atoms with Crippen LogP contribution in [0.3, 0.4) is 0 Å². The highest BCUT2D eigenvalue weighted by molar-refractivity contribution is 5.99. The quantitative estimate of drug-likeness (QED) is 0.829. The smallest absolute Gasteiger partial charge is 0.416 e. The molecule has 27 heavy (non-hydrogen) atoms. The van der Waals surface area contributed by atoms with Crippen LogP contribution in [0.25, 0.3) is 0 Å². The van der Waals surface area contributed by atoms with Gasteiger partial charge in [-0.1, -0.05) is 0 Å². The van der Waals surface area contributed by atoms with Gasteiger partial charge in [-0.2, -0.15) is 13.2 Å². The highest BCUT2D eigenvalue weighted by atomic mass is 19.4. The van der Waals surface area contributed by atoms with Gasteiger partial charge in [0.25, 0.3) is 5.91 Å². The lowest BCUT2D eigenvalue weighted by molar-refractivity contribution is -0.137. The number of hydrogen-bond donors (Lipinski definition) is 1. The Hall–Kier alpha value is -3.03. The zero-order valence-corrected chi connectivity index (χ0v) is 14.8. The number of benzene rings is 2. The molecule has 0 aromatic heterocycles. The van der Waals surface area contributed by atoms with Gasteiger partial charge in [-0.05, 0) is 55.5 Å². The third-order valence-electron chi connectivity index (χ3n) is 3.84. The lowest BCUT2D eigenvalue weighted by Gasteiger charge is -2.20. The number of nitrogens with zero attached hydrogens (tertiary/aromatic N) is 1. The molecule has 0 unspecified atom stereocenters. The first-order valence-corrected chi connectivity index (χ1v) is 8.15. The van der Waals surface area contributed by atoms with Crippen molar-refractivity contribution in [2.24, 2.45) is 0 Å². The van der Waals surface area contributed by atoms with Gasteiger partial charge >= 0.3 is 6.18 Å². The third-order valence-corrected chi connectivity index (χ3v) is 3.84. The van der Waals surface area contributed by atoms with Gasteiger partial charge < -0.3 is 15.0 Å². The predicted octanol–water partition coefficient (Wildman–Crippen LogP) is 3.81. The summed E-state index contributed by atoms with van der Waals surface area (Å²) in [5, 5.41) is 2.66. The molecule has 2 rings (SSSR count). The molecule has 0 radical (unpaired) electrons. The Morgan fingerprint density at radius 3 is 2.11 bits per heavy atom. The number of carbonyl (C=O) groups excluding carboxylic acids is 2. The number of hydrogen-bond acceptors (Lipinski definition) is 3. The van der Waals surface area contributed by atoms with Crippen LogP contribution in [0, 0.1) is 0 Å². The summed E-state index contributed by atoms with van der Waals surface area (Å²) >= 11 is 0. The number of alkyl halides is 3. The van der Waals surface area contributed by atoms with Crippen molar-refractivity contribution in [2.45, 2.75) is 13.1 Å². The van der Waals surface area contributed by atoms with Gasteiger partial charge in [0.2, 0.25) is 5.91 Å². The van der Waals surface area contributed by atoms with Crippen LogP contribution in [-0.2, 0) is 11.0 Å². The molecule has 0 saturated carbocycles. The number of rotatable bonds is 6. The largest absolute Gasteiger partial charge is 0.497 e. The monoisotopic (exact) mass is 380 g/mol. The topological polar surface area (TPSA) is 58.6 Å². The molecule has 0 aliphatic rings. The lowest BCUT2D eigenvalue weighted by Crippen LogP contribution is -2.37. The second-order valence-corrected chi connectivity index (χ2v) is 5.67. The van der Waals surface area contributed by atoms with Gasteiger partial charge in [0.15, 0.2) is 0 Å². The molecular weight excluding hydrogens is 361 g/mol. The molecule has 0 aliphatic heterocycles. The second-order valence-electron chi connectivity index (χ2n) is 5.67. The Labute approximate surface area is 154 Å². The fraction of sp³-hybridized carbons (Fsp3) is 0.263. The van der Waals surface area contributed by atoms with E-state index in [2.05, 4.69) is 5.32 Å². The van der Waals surface area contributed by atoms with E-state index in [1.54, 1.807) is 31.2 Å². The van der Waals surface area contributed by atoms with Gasteiger partial charge in [0, 0.05) is 17.8 Å². The Bertz CT molecular complexity index is 787. The maximum absolute atomic E-state index is 12.6. The highest BCUT2D eigenvalue weighted by Gasteiger charge is 2.30. The second kappa shape index (κ2) is 8.57. The first-order chi connectivity index (χ1) is 12.7. The van der Waals surface area contributed by atoms with Crippen molar-refractivity contribution in [1.82, 2.24) is 4.90 Å². The lowest BCUT2D eigenvalue weighted by atomic mass is 10.1. The average molecular weight is 380 g/mol. The van der Waals surface area contributed by atoms with Gasteiger partial charge in [0.05, 0.1) is 12.7 Å². The van der Waals surface area contributed by atoms with Crippen LogP contribution in [0.5, 0.6) is 5.75 Å². The van der Waals surface area contributed by atoms with E-state index in [-0.39, 0.29) is 18.7 Å². The van der Waals surface area contributed by atoms with E-state index >= 15 is 0 Å². The summed E-state index contributed by atoms with van der Waals surface area (Å²) in [5.41, 5.74) is -0.208. The van der Waals surface area contributed by atoms with E-state index in [0.717, 1.165) is 24.3 Å². The Kier molecular flexibility index (Phi) is 6.44. The molecule has 0 spiro atoms. The van der Waals surface area contributed by atoms with Crippen molar-refractivity contribution in [3.05, 3.63) is 59.7 Å². The summed E-state index contributed by atoms with van der Waals surface area (Å²) < 4.78 is 42.9.